The molecule has 0 fully saturated rings. The molecular formula is C28H29N3O2. The van der Waals surface area contributed by atoms with Crippen LogP contribution in [0.3, 0.4) is 0 Å². The average Bonchev–Trinajstić information content (AvgIpc) is 2.80. The monoisotopic (exact) mass is 439 g/mol. The number of rotatable bonds is 2. The molecule has 0 saturated heterocycles. The van der Waals surface area contributed by atoms with Gasteiger partial charge in [0.15, 0.2) is 5.96 Å². The van der Waals surface area contributed by atoms with Gasteiger partial charge in [-0.3, -0.25) is 9.69 Å². The molecule has 5 rings (SSSR count). The maximum Gasteiger partial charge on any atom is 0.231 e. The summed E-state index contributed by atoms with van der Waals surface area (Å²) in [5, 5.41) is 0. The number of allylic oxidation sites excluding steroid dienone is 6. The molecule has 2 aromatic rings. The second-order valence-corrected chi connectivity index (χ2v) is 9.19. The molecule has 5 nitrogen and oxygen atoms in total. The molecule has 3 unspecified atom stereocenters. The molecule has 3 aliphatic rings. The highest BCUT2D eigenvalue weighted by atomic mass is 16.5. The zero-order valence-corrected chi connectivity index (χ0v) is 19.1. The lowest BCUT2D eigenvalue weighted by atomic mass is 9.76. The highest BCUT2D eigenvalue weighted by Gasteiger charge is 2.47. The summed E-state index contributed by atoms with van der Waals surface area (Å²) in [6.45, 7) is 2.22. The van der Waals surface area contributed by atoms with Crippen molar-refractivity contribution in [2.75, 3.05) is 7.05 Å². The van der Waals surface area contributed by atoms with E-state index >= 15 is 0 Å². The van der Waals surface area contributed by atoms with Crippen LogP contribution in [0, 0.1) is 5.92 Å². The topological polar surface area (TPSA) is 67.9 Å². The zero-order chi connectivity index (χ0) is 23.0. The van der Waals surface area contributed by atoms with Crippen LogP contribution >= 0.6 is 0 Å². The number of aliphatic imine (C=N–C) groups is 1. The Morgan fingerprint density at radius 1 is 1.15 bits per heavy atom. The van der Waals surface area contributed by atoms with Gasteiger partial charge in [0.05, 0.1) is 6.42 Å². The summed E-state index contributed by atoms with van der Waals surface area (Å²) in [4.78, 5) is 19.3. The summed E-state index contributed by atoms with van der Waals surface area (Å²) < 4.78 is 6.47. The lowest BCUT2D eigenvalue weighted by Gasteiger charge is -2.43. The van der Waals surface area contributed by atoms with Crippen molar-refractivity contribution in [2.45, 2.75) is 37.8 Å². The number of ether oxygens (including phenoxy) is 1. The lowest BCUT2D eigenvalue weighted by molar-refractivity contribution is -0.129. The number of nitrogens with zero attached hydrogens (tertiary/aromatic N) is 2. The first-order valence-corrected chi connectivity index (χ1v) is 11.5. The molecule has 1 spiro atoms. The summed E-state index contributed by atoms with van der Waals surface area (Å²) in [6, 6.07) is 16.4. The minimum Gasteiger partial charge on any atom is -0.485 e. The van der Waals surface area contributed by atoms with E-state index in [4.69, 9.17) is 15.5 Å². The number of hydrogen-bond acceptors (Lipinski definition) is 4. The summed E-state index contributed by atoms with van der Waals surface area (Å²) in [6.07, 6.45) is 12.4. The fourth-order valence-electron chi connectivity index (χ4n) is 4.90. The number of carbonyl (C=O) groups is 1. The van der Waals surface area contributed by atoms with Gasteiger partial charge in [-0.15, -0.1) is 0 Å². The van der Waals surface area contributed by atoms with E-state index in [0.717, 1.165) is 34.4 Å². The van der Waals surface area contributed by atoms with Crippen LogP contribution in [0.15, 0.2) is 83.9 Å². The molecule has 0 radical (unpaired) electrons. The molecular weight excluding hydrogens is 410 g/mol. The fraction of sp³-hybridized carbons (Fsp3) is 0.286. The quantitative estimate of drug-likeness (QED) is 0.706. The Bertz CT molecular complexity index is 1190. The van der Waals surface area contributed by atoms with E-state index in [9.17, 15) is 4.79 Å². The summed E-state index contributed by atoms with van der Waals surface area (Å²) in [5.74, 6) is 1.41. The van der Waals surface area contributed by atoms with Gasteiger partial charge in [-0.25, -0.2) is 4.99 Å². The van der Waals surface area contributed by atoms with Gasteiger partial charge in [-0.2, -0.15) is 0 Å². The minimum absolute atomic E-state index is 0.0311. The molecule has 2 N–H and O–H groups in total. The smallest absolute Gasteiger partial charge is 0.231 e. The third-order valence-electron chi connectivity index (χ3n) is 6.76. The lowest BCUT2D eigenvalue weighted by Crippen LogP contribution is -2.50. The number of guanidine groups is 1. The van der Waals surface area contributed by atoms with E-state index in [-0.39, 0.29) is 24.4 Å². The van der Waals surface area contributed by atoms with Crippen LogP contribution in [0.4, 0.5) is 0 Å². The summed E-state index contributed by atoms with van der Waals surface area (Å²) in [5.41, 5.74) is 9.73. The second kappa shape index (κ2) is 8.39. The van der Waals surface area contributed by atoms with E-state index in [1.165, 1.54) is 4.90 Å². The maximum atomic E-state index is 12.9. The van der Waals surface area contributed by atoms with Crippen molar-refractivity contribution in [2.24, 2.45) is 16.6 Å². The Morgan fingerprint density at radius 2 is 1.97 bits per heavy atom. The van der Waals surface area contributed by atoms with Crippen LogP contribution < -0.4 is 10.5 Å². The first-order valence-electron chi connectivity index (χ1n) is 11.5. The number of benzene rings is 2. The molecule has 3 atom stereocenters. The van der Waals surface area contributed by atoms with Gasteiger partial charge < -0.3 is 10.5 Å². The number of nitrogens with two attached hydrogens (primary N) is 1. The van der Waals surface area contributed by atoms with Crippen molar-refractivity contribution in [3.63, 3.8) is 0 Å². The van der Waals surface area contributed by atoms with Crippen LogP contribution in [0.25, 0.3) is 5.57 Å². The standard InChI is InChI=1S/C28H29N3O2/c1-19-9-5-3-8-12-21(15-19)22-13-14-24-23(16-22)28(18-26(32)31(2)27(29)30-28)17-25(33-24)20-10-6-4-7-11-20/h3-8,10-16,19,25H,9,17-18H2,1-2H3,(H2,29,30). The Hall–Kier alpha value is -3.60. The van der Waals surface area contributed by atoms with Gasteiger partial charge in [0, 0.05) is 19.0 Å². The predicted molar refractivity (Wildman–Crippen MR) is 132 cm³/mol. The molecule has 1 aliphatic carbocycles. The van der Waals surface area contributed by atoms with Crippen LogP contribution in [0.5, 0.6) is 5.75 Å². The largest absolute Gasteiger partial charge is 0.485 e. The SMILES string of the molecule is CC1C=C(c2ccc3c(c2)C2(CC(=O)N(C)C(N)=N2)CC(c2ccccc2)O3)C=CC=CC1. The van der Waals surface area contributed by atoms with E-state index in [2.05, 4.69) is 61.6 Å². The molecule has 1 amide bonds. The fourth-order valence-corrected chi connectivity index (χ4v) is 4.90. The summed E-state index contributed by atoms with van der Waals surface area (Å²) in [7, 11) is 1.68. The number of amides is 1. The van der Waals surface area contributed by atoms with Gasteiger partial charge in [-0.05, 0) is 41.2 Å². The first-order chi connectivity index (χ1) is 15.9. The third-order valence-corrected chi connectivity index (χ3v) is 6.76. The van der Waals surface area contributed by atoms with Crippen molar-refractivity contribution in [1.29, 1.82) is 0 Å². The first kappa shape index (κ1) is 21.3. The summed E-state index contributed by atoms with van der Waals surface area (Å²) >= 11 is 0. The molecule has 2 aromatic carbocycles. The van der Waals surface area contributed by atoms with E-state index in [0.29, 0.717) is 12.3 Å². The van der Waals surface area contributed by atoms with Crippen molar-refractivity contribution in [3.05, 3.63) is 95.6 Å². The third kappa shape index (κ3) is 3.99. The Morgan fingerprint density at radius 3 is 2.76 bits per heavy atom. The van der Waals surface area contributed by atoms with Gasteiger partial charge >= 0.3 is 0 Å². The second-order valence-electron chi connectivity index (χ2n) is 9.19. The molecule has 5 heteroatoms. The number of fused-ring (bicyclic) bond motifs is 2. The molecule has 0 aromatic heterocycles. The van der Waals surface area contributed by atoms with Gasteiger partial charge in [-0.1, -0.05) is 73.7 Å². The Balaban J connectivity index is 1.65. The van der Waals surface area contributed by atoms with Crippen molar-refractivity contribution < 1.29 is 9.53 Å². The molecule has 168 valence electrons. The molecule has 0 saturated carbocycles. The highest BCUT2D eigenvalue weighted by molar-refractivity contribution is 5.99. The molecule has 0 bridgehead atoms. The van der Waals surface area contributed by atoms with Crippen LogP contribution in [0.2, 0.25) is 0 Å². The van der Waals surface area contributed by atoms with Gasteiger partial charge in [0.2, 0.25) is 5.91 Å². The zero-order valence-electron chi connectivity index (χ0n) is 19.1. The highest BCUT2D eigenvalue weighted by Crippen LogP contribution is 2.50. The average molecular weight is 440 g/mol. The number of hydrogen-bond donors (Lipinski definition) is 1. The normalized spacial score (nSPS) is 26.7. The van der Waals surface area contributed by atoms with Crippen LogP contribution in [0.1, 0.15) is 49.0 Å². The Labute approximate surface area is 195 Å². The van der Waals surface area contributed by atoms with E-state index < -0.39 is 5.54 Å². The molecule has 2 heterocycles. The van der Waals surface area contributed by atoms with Crippen LogP contribution in [-0.2, 0) is 10.3 Å². The van der Waals surface area contributed by atoms with Gasteiger partial charge in [0.25, 0.3) is 0 Å². The minimum atomic E-state index is -0.755. The Kier molecular flexibility index (Phi) is 5.41. The maximum absolute atomic E-state index is 12.9. The van der Waals surface area contributed by atoms with Gasteiger partial charge in [0.1, 0.15) is 17.4 Å². The predicted octanol–water partition coefficient (Wildman–Crippen LogP) is 5.12. The van der Waals surface area contributed by atoms with Crippen molar-refractivity contribution >= 4 is 17.4 Å². The molecule has 33 heavy (non-hydrogen) atoms. The van der Waals surface area contributed by atoms with Crippen molar-refractivity contribution in [3.8, 4) is 5.75 Å². The van der Waals surface area contributed by atoms with E-state index in [1.807, 2.05) is 24.3 Å². The van der Waals surface area contributed by atoms with Crippen LogP contribution in [-0.4, -0.2) is 23.8 Å². The van der Waals surface area contributed by atoms with Crippen molar-refractivity contribution in [1.82, 2.24) is 4.90 Å². The number of carbonyl (C=O) groups excluding carboxylic acids is 1. The molecule has 2 aliphatic heterocycles. The van der Waals surface area contributed by atoms with E-state index in [1.54, 1.807) is 7.05 Å².